The highest BCUT2D eigenvalue weighted by Gasteiger charge is 2.48. The molecule has 1 N–H and O–H groups in total. The third kappa shape index (κ3) is 4.98. The standard InChI is InChI=1S/C30H41N3O3/c1-4-16-32-26(7-1)28(15-19-34-29(23-28)10-2-3-11-29)14-18-31-22-25-6-5-17-33-27(25)24-8-12-30(13-9-24)35-20-21-36-30/h1,4-7,16-17,24,31H,2-3,8-15,18-23H2. The highest BCUT2D eigenvalue weighted by Crippen LogP contribution is 2.49. The summed E-state index contributed by atoms with van der Waals surface area (Å²) in [6.45, 7) is 4.14. The normalized spacial score (nSPS) is 27.7. The Morgan fingerprint density at radius 3 is 2.42 bits per heavy atom. The van der Waals surface area contributed by atoms with E-state index in [0.717, 1.165) is 77.9 Å². The van der Waals surface area contributed by atoms with E-state index in [1.165, 1.54) is 42.6 Å². The molecule has 0 bridgehead atoms. The van der Waals surface area contributed by atoms with Gasteiger partial charge in [-0.1, -0.05) is 25.0 Å². The van der Waals surface area contributed by atoms with Gasteiger partial charge in [0.15, 0.2) is 5.79 Å². The zero-order valence-electron chi connectivity index (χ0n) is 21.6. The van der Waals surface area contributed by atoms with Crippen molar-refractivity contribution in [2.24, 2.45) is 0 Å². The molecule has 2 aliphatic carbocycles. The van der Waals surface area contributed by atoms with Crippen LogP contribution in [-0.4, -0.2) is 47.7 Å². The topological polar surface area (TPSA) is 65.5 Å². The van der Waals surface area contributed by atoms with Gasteiger partial charge in [-0.25, -0.2) is 0 Å². The molecule has 2 aromatic heterocycles. The van der Waals surface area contributed by atoms with Crippen LogP contribution in [0.1, 0.15) is 93.5 Å². The Balaban J connectivity index is 1.10. The lowest BCUT2D eigenvalue weighted by atomic mass is 9.68. The predicted molar refractivity (Wildman–Crippen MR) is 139 cm³/mol. The van der Waals surface area contributed by atoms with Gasteiger partial charge in [0.25, 0.3) is 0 Å². The van der Waals surface area contributed by atoms with Gasteiger partial charge in [-0.05, 0) is 75.3 Å². The molecule has 4 aliphatic rings. The quantitative estimate of drug-likeness (QED) is 0.522. The van der Waals surface area contributed by atoms with Crippen molar-refractivity contribution < 1.29 is 14.2 Å². The van der Waals surface area contributed by atoms with E-state index in [-0.39, 0.29) is 16.8 Å². The van der Waals surface area contributed by atoms with Crippen LogP contribution in [0.15, 0.2) is 42.7 Å². The van der Waals surface area contributed by atoms with Crippen LogP contribution in [0, 0.1) is 0 Å². The first-order valence-electron chi connectivity index (χ1n) is 14.2. The molecule has 36 heavy (non-hydrogen) atoms. The van der Waals surface area contributed by atoms with Crippen molar-refractivity contribution in [2.45, 2.75) is 99.9 Å². The number of rotatable bonds is 7. The number of pyridine rings is 2. The molecule has 6 rings (SSSR count). The van der Waals surface area contributed by atoms with E-state index in [9.17, 15) is 0 Å². The summed E-state index contributed by atoms with van der Waals surface area (Å²) in [6, 6.07) is 10.7. The summed E-state index contributed by atoms with van der Waals surface area (Å²) in [7, 11) is 0. The Hall–Kier alpha value is -1.86. The van der Waals surface area contributed by atoms with Crippen molar-refractivity contribution in [3.8, 4) is 0 Å². The molecule has 6 heteroatoms. The van der Waals surface area contributed by atoms with Crippen LogP contribution in [0.4, 0.5) is 0 Å². The maximum atomic E-state index is 6.42. The van der Waals surface area contributed by atoms with Gasteiger partial charge in [0.05, 0.1) is 18.8 Å². The Labute approximate surface area is 215 Å². The lowest BCUT2D eigenvalue weighted by Crippen LogP contribution is -2.47. The zero-order chi connectivity index (χ0) is 24.3. The molecule has 4 fully saturated rings. The third-order valence-corrected chi connectivity index (χ3v) is 9.34. The molecular formula is C30H41N3O3. The van der Waals surface area contributed by atoms with E-state index in [1.54, 1.807) is 0 Å². The SMILES string of the molecule is c1ccc(C2(CCNCc3cccnc3C3CCC4(CC3)OCCO4)CCOC3(CCCC3)C2)nc1. The number of nitrogens with one attached hydrogen (secondary N) is 1. The minimum atomic E-state index is -0.316. The van der Waals surface area contributed by atoms with E-state index in [0.29, 0.717) is 5.92 Å². The van der Waals surface area contributed by atoms with Crippen LogP contribution in [0.3, 0.4) is 0 Å². The summed E-state index contributed by atoms with van der Waals surface area (Å²) in [5.74, 6) is 0.170. The molecule has 2 saturated heterocycles. The summed E-state index contributed by atoms with van der Waals surface area (Å²) in [4.78, 5) is 9.70. The Kier molecular flexibility index (Phi) is 7.13. The van der Waals surface area contributed by atoms with Crippen LogP contribution < -0.4 is 5.32 Å². The lowest BCUT2D eigenvalue weighted by Gasteiger charge is -2.46. The van der Waals surface area contributed by atoms with Crippen molar-refractivity contribution in [3.05, 3.63) is 59.7 Å². The second-order valence-electron chi connectivity index (χ2n) is 11.5. The monoisotopic (exact) mass is 491 g/mol. The third-order valence-electron chi connectivity index (χ3n) is 9.34. The molecule has 6 nitrogen and oxygen atoms in total. The van der Waals surface area contributed by atoms with Crippen LogP contribution in [0.5, 0.6) is 0 Å². The fourth-order valence-electron chi connectivity index (χ4n) is 7.43. The van der Waals surface area contributed by atoms with Gasteiger partial charge in [0.2, 0.25) is 0 Å². The highest BCUT2D eigenvalue weighted by molar-refractivity contribution is 5.24. The Morgan fingerprint density at radius 2 is 1.64 bits per heavy atom. The molecule has 4 heterocycles. The van der Waals surface area contributed by atoms with E-state index in [1.807, 2.05) is 18.5 Å². The average Bonchev–Trinajstić information content (AvgIpc) is 3.58. The Morgan fingerprint density at radius 1 is 0.833 bits per heavy atom. The van der Waals surface area contributed by atoms with Gasteiger partial charge in [-0.15, -0.1) is 0 Å². The van der Waals surface area contributed by atoms with Gasteiger partial charge in [-0.2, -0.15) is 0 Å². The minimum Gasteiger partial charge on any atom is -0.375 e. The van der Waals surface area contributed by atoms with E-state index in [4.69, 9.17) is 24.2 Å². The zero-order valence-corrected chi connectivity index (χ0v) is 21.6. The van der Waals surface area contributed by atoms with Gasteiger partial charge < -0.3 is 19.5 Å². The molecule has 2 saturated carbocycles. The van der Waals surface area contributed by atoms with Gasteiger partial charge in [0.1, 0.15) is 0 Å². The largest absolute Gasteiger partial charge is 0.375 e. The molecule has 1 unspecified atom stereocenters. The molecule has 0 amide bonds. The highest BCUT2D eigenvalue weighted by atomic mass is 16.7. The molecule has 1 atom stereocenters. The second-order valence-corrected chi connectivity index (χ2v) is 11.5. The number of hydrogen-bond donors (Lipinski definition) is 1. The summed E-state index contributed by atoms with van der Waals surface area (Å²) in [5.41, 5.74) is 3.99. The van der Waals surface area contributed by atoms with E-state index < -0.39 is 0 Å². The fourth-order valence-corrected chi connectivity index (χ4v) is 7.43. The first-order valence-corrected chi connectivity index (χ1v) is 14.2. The van der Waals surface area contributed by atoms with Gasteiger partial charge in [0, 0.05) is 61.1 Å². The maximum absolute atomic E-state index is 6.42. The smallest absolute Gasteiger partial charge is 0.168 e. The van der Waals surface area contributed by atoms with Crippen molar-refractivity contribution in [3.63, 3.8) is 0 Å². The van der Waals surface area contributed by atoms with Crippen LogP contribution in [0.25, 0.3) is 0 Å². The first-order chi connectivity index (χ1) is 17.7. The number of ether oxygens (including phenoxy) is 3. The van der Waals surface area contributed by atoms with Gasteiger partial charge >= 0.3 is 0 Å². The second kappa shape index (κ2) is 10.5. The summed E-state index contributed by atoms with van der Waals surface area (Å²) < 4.78 is 18.3. The number of nitrogens with zero attached hydrogens (tertiary/aromatic N) is 2. The summed E-state index contributed by atoms with van der Waals surface area (Å²) in [6.07, 6.45) is 16.2. The lowest BCUT2D eigenvalue weighted by molar-refractivity contribution is -0.179. The maximum Gasteiger partial charge on any atom is 0.168 e. The van der Waals surface area contributed by atoms with E-state index in [2.05, 4.69) is 29.6 Å². The molecular weight excluding hydrogens is 450 g/mol. The van der Waals surface area contributed by atoms with Crippen molar-refractivity contribution in [2.75, 3.05) is 26.4 Å². The summed E-state index contributed by atoms with van der Waals surface area (Å²) >= 11 is 0. The van der Waals surface area contributed by atoms with Crippen LogP contribution in [-0.2, 0) is 26.2 Å². The van der Waals surface area contributed by atoms with E-state index >= 15 is 0 Å². The molecule has 2 aliphatic heterocycles. The number of aromatic nitrogens is 2. The first kappa shape index (κ1) is 24.5. The molecule has 2 spiro atoms. The molecule has 194 valence electrons. The predicted octanol–water partition coefficient (Wildman–Crippen LogP) is 5.42. The molecule has 0 aromatic carbocycles. The Bertz CT molecular complexity index is 994. The van der Waals surface area contributed by atoms with Crippen molar-refractivity contribution >= 4 is 0 Å². The van der Waals surface area contributed by atoms with Crippen molar-refractivity contribution in [1.29, 1.82) is 0 Å². The molecule has 2 aromatic rings. The number of hydrogen-bond acceptors (Lipinski definition) is 6. The minimum absolute atomic E-state index is 0.0668. The fraction of sp³-hybridized carbons (Fsp3) is 0.667. The summed E-state index contributed by atoms with van der Waals surface area (Å²) in [5, 5.41) is 3.79. The van der Waals surface area contributed by atoms with Crippen LogP contribution >= 0.6 is 0 Å². The van der Waals surface area contributed by atoms with Crippen molar-refractivity contribution in [1.82, 2.24) is 15.3 Å². The van der Waals surface area contributed by atoms with Crippen LogP contribution in [0.2, 0.25) is 0 Å². The average molecular weight is 492 g/mol. The van der Waals surface area contributed by atoms with Gasteiger partial charge in [-0.3, -0.25) is 9.97 Å². The molecule has 0 radical (unpaired) electrons.